The second-order valence-electron chi connectivity index (χ2n) is 9.68. The maximum Gasteiger partial charge on any atom is -0.0440 e. The highest BCUT2D eigenvalue weighted by Crippen LogP contribution is 2.23. The minimum absolute atomic E-state index is 0.947. The number of hydrogen-bond donors (Lipinski definition) is 0. The van der Waals surface area contributed by atoms with Gasteiger partial charge in [-0.05, 0) is 18.3 Å². The fourth-order valence-electron chi connectivity index (χ4n) is 4.53. The smallest absolute Gasteiger partial charge is 0.0440 e. The van der Waals surface area contributed by atoms with Crippen LogP contribution in [-0.4, -0.2) is 0 Å². The summed E-state index contributed by atoms with van der Waals surface area (Å²) >= 11 is 0. The molecule has 0 spiro atoms. The van der Waals surface area contributed by atoms with E-state index in [-0.39, 0.29) is 0 Å². The van der Waals surface area contributed by atoms with Crippen molar-refractivity contribution in [2.24, 2.45) is 11.8 Å². The number of unbranched alkanes of at least 4 members (excludes halogenated alkanes) is 16. The lowest BCUT2D eigenvalue weighted by molar-refractivity contribution is 0.356. The Labute approximate surface area is 174 Å². The Morgan fingerprint density at radius 1 is 0.370 bits per heavy atom. The van der Waals surface area contributed by atoms with E-state index in [1.165, 1.54) is 135 Å². The molecule has 164 valence electrons. The monoisotopic (exact) mass is 380 g/mol. The van der Waals surface area contributed by atoms with E-state index in [0.717, 1.165) is 11.8 Å². The van der Waals surface area contributed by atoms with Crippen LogP contribution in [0.3, 0.4) is 0 Å². The predicted octanol–water partition coefficient (Wildman–Crippen LogP) is 10.5. The van der Waals surface area contributed by atoms with E-state index in [1.807, 2.05) is 0 Å². The van der Waals surface area contributed by atoms with Gasteiger partial charge in [0.25, 0.3) is 0 Å². The van der Waals surface area contributed by atoms with Crippen LogP contribution < -0.4 is 0 Å². The minimum atomic E-state index is 0.947. The van der Waals surface area contributed by atoms with Crippen LogP contribution >= 0.6 is 0 Å². The zero-order valence-electron chi connectivity index (χ0n) is 20.0. The fourth-order valence-corrected chi connectivity index (χ4v) is 4.53. The van der Waals surface area contributed by atoms with Gasteiger partial charge in [-0.3, -0.25) is 0 Å². The molecule has 0 heteroatoms. The van der Waals surface area contributed by atoms with E-state index in [4.69, 9.17) is 0 Å². The molecule has 27 heavy (non-hydrogen) atoms. The molecule has 0 heterocycles. The molecule has 0 rings (SSSR count). The average molecular weight is 381 g/mol. The van der Waals surface area contributed by atoms with E-state index < -0.39 is 0 Å². The van der Waals surface area contributed by atoms with Gasteiger partial charge in [-0.1, -0.05) is 156 Å². The van der Waals surface area contributed by atoms with Crippen molar-refractivity contribution in [1.29, 1.82) is 0 Å². The van der Waals surface area contributed by atoms with Gasteiger partial charge in [-0.25, -0.2) is 0 Å². The molecule has 0 aromatic rings. The molecule has 0 saturated carbocycles. The standard InChI is InChI=1S/C27H56/c1-5-7-9-11-13-15-16-18-20-22-24-27(4)25-26(3)23-21-19-17-14-12-10-8-6-2/h26-27H,5-25H2,1-4H3. The summed E-state index contributed by atoms with van der Waals surface area (Å²) in [5.41, 5.74) is 0. The van der Waals surface area contributed by atoms with Crippen LogP contribution in [0.1, 0.15) is 163 Å². The van der Waals surface area contributed by atoms with E-state index in [9.17, 15) is 0 Å². The SMILES string of the molecule is CCCCCCCCCCCCC(C)CC(C)CCCCCCCCCC. The zero-order valence-corrected chi connectivity index (χ0v) is 20.0. The third kappa shape index (κ3) is 22.2. The van der Waals surface area contributed by atoms with Gasteiger partial charge >= 0.3 is 0 Å². The normalized spacial score (nSPS) is 13.8. The number of hydrogen-bond acceptors (Lipinski definition) is 0. The molecule has 0 aliphatic carbocycles. The van der Waals surface area contributed by atoms with Crippen LogP contribution in [0, 0.1) is 11.8 Å². The molecule has 0 aliphatic heterocycles. The third-order valence-electron chi connectivity index (χ3n) is 6.41. The lowest BCUT2D eigenvalue weighted by atomic mass is 9.89. The third-order valence-corrected chi connectivity index (χ3v) is 6.41. The van der Waals surface area contributed by atoms with Crippen LogP contribution in [0.4, 0.5) is 0 Å². The van der Waals surface area contributed by atoms with Crippen LogP contribution in [-0.2, 0) is 0 Å². The van der Waals surface area contributed by atoms with Crippen molar-refractivity contribution in [2.45, 2.75) is 163 Å². The summed E-state index contributed by atoms with van der Waals surface area (Å²) in [6.07, 6.45) is 30.7. The van der Waals surface area contributed by atoms with Crippen molar-refractivity contribution in [3.05, 3.63) is 0 Å². The van der Waals surface area contributed by atoms with E-state index in [0.29, 0.717) is 0 Å². The molecule has 0 bridgehead atoms. The summed E-state index contributed by atoms with van der Waals surface area (Å²) in [5, 5.41) is 0. The Hall–Kier alpha value is 0. The zero-order chi connectivity index (χ0) is 20.0. The first-order chi connectivity index (χ1) is 13.2. The van der Waals surface area contributed by atoms with Crippen molar-refractivity contribution >= 4 is 0 Å². The second kappa shape index (κ2) is 22.3. The van der Waals surface area contributed by atoms with Gasteiger partial charge in [0.1, 0.15) is 0 Å². The largest absolute Gasteiger partial charge is 0.0654 e. The van der Waals surface area contributed by atoms with Gasteiger partial charge in [-0.2, -0.15) is 0 Å². The summed E-state index contributed by atoms with van der Waals surface area (Å²) in [5.74, 6) is 1.89. The predicted molar refractivity (Wildman–Crippen MR) is 127 cm³/mol. The van der Waals surface area contributed by atoms with Crippen LogP contribution in [0.15, 0.2) is 0 Å². The molecule has 2 atom stereocenters. The van der Waals surface area contributed by atoms with E-state index >= 15 is 0 Å². The van der Waals surface area contributed by atoms with Crippen molar-refractivity contribution in [1.82, 2.24) is 0 Å². The van der Waals surface area contributed by atoms with Crippen molar-refractivity contribution in [3.8, 4) is 0 Å². The average Bonchev–Trinajstić information content (AvgIpc) is 2.65. The molecule has 0 saturated heterocycles. The molecule has 2 unspecified atom stereocenters. The second-order valence-corrected chi connectivity index (χ2v) is 9.68. The quantitative estimate of drug-likeness (QED) is 0.164. The molecule has 0 aliphatic rings. The highest BCUT2D eigenvalue weighted by molar-refractivity contribution is 4.61. The Kier molecular flexibility index (Phi) is 22.3. The van der Waals surface area contributed by atoms with Gasteiger partial charge in [0.15, 0.2) is 0 Å². The summed E-state index contributed by atoms with van der Waals surface area (Å²) in [6.45, 7) is 9.60. The topological polar surface area (TPSA) is 0 Å². The molecule has 0 fully saturated rings. The first-order valence-electron chi connectivity index (χ1n) is 13.2. The van der Waals surface area contributed by atoms with Gasteiger partial charge in [0.2, 0.25) is 0 Å². The molecule has 0 nitrogen and oxygen atoms in total. The Balaban J connectivity index is 3.30. The first kappa shape index (κ1) is 27.0. The Morgan fingerprint density at radius 2 is 0.630 bits per heavy atom. The molecular weight excluding hydrogens is 324 g/mol. The molecular formula is C27H56. The number of rotatable bonds is 22. The van der Waals surface area contributed by atoms with Crippen molar-refractivity contribution in [2.75, 3.05) is 0 Å². The highest BCUT2D eigenvalue weighted by Gasteiger charge is 2.08. The van der Waals surface area contributed by atoms with E-state index in [1.54, 1.807) is 0 Å². The van der Waals surface area contributed by atoms with Crippen LogP contribution in [0.2, 0.25) is 0 Å². The highest BCUT2D eigenvalue weighted by atomic mass is 14.1. The van der Waals surface area contributed by atoms with Crippen molar-refractivity contribution in [3.63, 3.8) is 0 Å². The van der Waals surface area contributed by atoms with Crippen LogP contribution in [0.5, 0.6) is 0 Å². The summed E-state index contributed by atoms with van der Waals surface area (Å²) in [4.78, 5) is 0. The van der Waals surface area contributed by atoms with Gasteiger partial charge in [0.05, 0.1) is 0 Å². The maximum absolute atomic E-state index is 2.50. The maximum atomic E-state index is 2.50. The van der Waals surface area contributed by atoms with Crippen LogP contribution in [0.25, 0.3) is 0 Å². The Morgan fingerprint density at radius 3 is 0.926 bits per heavy atom. The van der Waals surface area contributed by atoms with Gasteiger partial charge in [-0.15, -0.1) is 0 Å². The molecule has 0 aromatic heterocycles. The van der Waals surface area contributed by atoms with Gasteiger partial charge < -0.3 is 0 Å². The van der Waals surface area contributed by atoms with E-state index in [2.05, 4.69) is 27.7 Å². The summed E-state index contributed by atoms with van der Waals surface area (Å²) < 4.78 is 0. The van der Waals surface area contributed by atoms with Gasteiger partial charge in [0, 0.05) is 0 Å². The molecule has 0 aromatic carbocycles. The lowest BCUT2D eigenvalue weighted by Crippen LogP contribution is -2.03. The minimum Gasteiger partial charge on any atom is -0.0654 e. The Bertz CT molecular complexity index is 257. The lowest BCUT2D eigenvalue weighted by Gasteiger charge is -2.17. The summed E-state index contributed by atoms with van der Waals surface area (Å²) in [7, 11) is 0. The molecule has 0 N–H and O–H groups in total. The first-order valence-corrected chi connectivity index (χ1v) is 13.2. The molecule has 0 amide bonds. The summed E-state index contributed by atoms with van der Waals surface area (Å²) in [6, 6.07) is 0. The van der Waals surface area contributed by atoms with Crippen molar-refractivity contribution < 1.29 is 0 Å². The molecule has 0 radical (unpaired) electrons. The fraction of sp³-hybridized carbons (Fsp3) is 1.00.